The van der Waals surface area contributed by atoms with Crippen molar-refractivity contribution in [3.8, 4) is 0 Å². The summed E-state index contributed by atoms with van der Waals surface area (Å²) in [5, 5.41) is 7.42. The van der Waals surface area contributed by atoms with Gasteiger partial charge in [0.1, 0.15) is 0 Å². The van der Waals surface area contributed by atoms with Crippen LogP contribution in [0.5, 0.6) is 0 Å². The number of rotatable bonds is 0. The standard InChI is InChI=1S/C2H4O2.Al.Ca.5H/c1-2(3)4;;;;;;;/h1H3,(H,3,4);;;;;;;. The molecule has 0 amide bonds. The molecule has 0 fully saturated rings. The quantitative estimate of drug-likeness (QED) is 0.387. The number of hydrogen-bond donors (Lipinski definition) is 1. The van der Waals surface area contributed by atoms with Crippen LogP contribution in [0.2, 0.25) is 0 Å². The molecule has 0 aromatic rings. The molecule has 34 valence electrons. The fourth-order valence-electron chi connectivity index (χ4n) is 0. The van der Waals surface area contributed by atoms with Crippen LogP contribution in [0, 0.1) is 0 Å². The van der Waals surface area contributed by atoms with E-state index in [1.165, 1.54) is 0 Å². The monoisotopic (exact) mass is 132 g/mol. The van der Waals surface area contributed by atoms with Crippen LogP contribution in [0.1, 0.15) is 6.92 Å². The number of hydrogen-bond acceptors (Lipinski definition) is 1. The Balaban J connectivity index is -0.0000000450. The molecule has 0 saturated heterocycles. The molecule has 2 nitrogen and oxygen atoms in total. The van der Waals surface area contributed by atoms with Crippen molar-refractivity contribution in [1.29, 1.82) is 0 Å². The van der Waals surface area contributed by atoms with Gasteiger partial charge < -0.3 is 5.11 Å². The second-order valence-electron chi connectivity index (χ2n) is 0.519. The van der Waals surface area contributed by atoms with E-state index in [-0.39, 0.29) is 55.1 Å². The van der Waals surface area contributed by atoms with Crippen LogP contribution in [-0.2, 0) is 4.79 Å². The first-order valence-electron chi connectivity index (χ1n) is 0.928. The summed E-state index contributed by atoms with van der Waals surface area (Å²) in [7, 11) is 0. The maximum absolute atomic E-state index is 9.00. The SMILES string of the molecule is CC(=O)O.[AlH3].[CaH2]. The molecule has 0 bridgehead atoms. The summed E-state index contributed by atoms with van der Waals surface area (Å²) in [6, 6.07) is 0. The third kappa shape index (κ3) is 60.0. The Kier molecular flexibility index (Phi) is 24.9. The van der Waals surface area contributed by atoms with Gasteiger partial charge in [-0.15, -0.1) is 0 Å². The molecule has 0 saturated carbocycles. The summed E-state index contributed by atoms with van der Waals surface area (Å²) in [4.78, 5) is 9.00. The van der Waals surface area contributed by atoms with Crippen molar-refractivity contribution in [2.24, 2.45) is 0 Å². The van der Waals surface area contributed by atoms with E-state index in [0.717, 1.165) is 6.92 Å². The van der Waals surface area contributed by atoms with E-state index < -0.39 is 5.97 Å². The second-order valence-corrected chi connectivity index (χ2v) is 0.519. The van der Waals surface area contributed by atoms with Gasteiger partial charge in [-0.25, -0.2) is 0 Å². The third-order valence-electron chi connectivity index (χ3n) is 0. The maximum atomic E-state index is 9.00. The first-order valence-corrected chi connectivity index (χ1v) is 0.928. The van der Waals surface area contributed by atoms with Crippen LogP contribution >= 0.6 is 0 Å². The van der Waals surface area contributed by atoms with Crippen LogP contribution < -0.4 is 0 Å². The van der Waals surface area contributed by atoms with E-state index in [1.54, 1.807) is 0 Å². The average molecular weight is 132 g/mol. The van der Waals surface area contributed by atoms with Crippen LogP contribution in [-0.4, -0.2) is 66.2 Å². The molecule has 1 N–H and O–H groups in total. The topological polar surface area (TPSA) is 37.3 Å². The molecule has 0 radical (unpaired) electrons. The summed E-state index contributed by atoms with van der Waals surface area (Å²) in [5.41, 5.74) is 0. The summed E-state index contributed by atoms with van der Waals surface area (Å²) in [5.74, 6) is -0.833. The molecule has 0 aromatic heterocycles. The van der Waals surface area contributed by atoms with E-state index >= 15 is 0 Å². The van der Waals surface area contributed by atoms with Crippen LogP contribution in [0.3, 0.4) is 0 Å². The molecule has 0 aromatic carbocycles. The van der Waals surface area contributed by atoms with Crippen molar-refractivity contribution < 1.29 is 9.90 Å². The Morgan fingerprint density at radius 2 is 1.67 bits per heavy atom. The van der Waals surface area contributed by atoms with Crippen molar-refractivity contribution >= 4 is 61.1 Å². The van der Waals surface area contributed by atoms with Crippen LogP contribution in [0.15, 0.2) is 0 Å². The molecule has 0 aliphatic rings. The van der Waals surface area contributed by atoms with Gasteiger partial charge in [-0.1, -0.05) is 0 Å². The van der Waals surface area contributed by atoms with E-state index in [0.29, 0.717) is 0 Å². The van der Waals surface area contributed by atoms with E-state index in [9.17, 15) is 0 Å². The molecule has 6 heavy (non-hydrogen) atoms. The molecular formula is C2H9AlCaO2. The Bertz CT molecular complexity index is 34.5. The number of carboxylic acid groups (broad SMARTS) is 1. The normalized spacial score (nSPS) is 4.17. The summed E-state index contributed by atoms with van der Waals surface area (Å²) in [6.07, 6.45) is 0. The van der Waals surface area contributed by atoms with E-state index in [2.05, 4.69) is 0 Å². The fraction of sp³-hybridized carbons (Fsp3) is 0.500. The zero-order chi connectivity index (χ0) is 3.58. The first kappa shape index (κ1) is 15.7. The zero-order valence-electron chi connectivity index (χ0n) is 2.36. The number of carbonyl (C=O) groups is 1. The minimum atomic E-state index is -0.833. The molecule has 4 heteroatoms. The van der Waals surface area contributed by atoms with Gasteiger partial charge in [0, 0.05) is 6.92 Å². The fourth-order valence-corrected chi connectivity index (χ4v) is 0. The van der Waals surface area contributed by atoms with Crippen LogP contribution in [0.4, 0.5) is 0 Å². The molecule has 0 heterocycles. The average Bonchev–Trinajstić information content (AvgIpc) is 0.811. The molecule has 0 unspecified atom stereocenters. The van der Waals surface area contributed by atoms with E-state index in [1.807, 2.05) is 0 Å². The van der Waals surface area contributed by atoms with Crippen molar-refractivity contribution in [1.82, 2.24) is 0 Å². The number of carboxylic acids is 1. The zero-order valence-corrected chi connectivity index (χ0v) is 2.36. The third-order valence-corrected chi connectivity index (χ3v) is 0. The van der Waals surface area contributed by atoms with Gasteiger partial charge in [-0.3, -0.25) is 4.79 Å². The molecule has 0 rings (SSSR count). The van der Waals surface area contributed by atoms with Crippen molar-refractivity contribution in [3.63, 3.8) is 0 Å². The van der Waals surface area contributed by atoms with Crippen molar-refractivity contribution in [2.75, 3.05) is 0 Å². The summed E-state index contributed by atoms with van der Waals surface area (Å²) in [6.45, 7) is 1.08. The Morgan fingerprint density at radius 3 is 1.67 bits per heavy atom. The predicted octanol–water partition coefficient (Wildman–Crippen LogP) is -2.01. The molecule has 0 aliphatic heterocycles. The Morgan fingerprint density at radius 1 is 1.67 bits per heavy atom. The molecule has 0 atom stereocenters. The van der Waals surface area contributed by atoms with Gasteiger partial charge in [-0.2, -0.15) is 0 Å². The van der Waals surface area contributed by atoms with Gasteiger partial charge in [0.25, 0.3) is 5.97 Å². The number of aliphatic carboxylic acids is 1. The van der Waals surface area contributed by atoms with Gasteiger partial charge in [0.05, 0.1) is 0 Å². The van der Waals surface area contributed by atoms with Gasteiger partial charge in [0.2, 0.25) is 0 Å². The van der Waals surface area contributed by atoms with Crippen molar-refractivity contribution in [3.05, 3.63) is 0 Å². The predicted molar refractivity (Wildman–Crippen MR) is 31.8 cm³/mol. The second kappa shape index (κ2) is 9.55. The van der Waals surface area contributed by atoms with Gasteiger partial charge >= 0.3 is 37.7 Å². The van der Waals surface area contributed by atoms with E-state index in [4.69, 9.17) is 9.90 Å². The van der Waals surface area contributed by atoms with Crippen molar-refractivity contribution in [2.45, 2.75) is 6.92 Å². The molecule has 0 aliphatic carbocycles. The Labute approximate surface area is 77.0 Å². The summed E-state index contributed by atoms with van der Waals surface area (Å²) < 4.78 is 0. The van der Waals surface area contributed by atoms with Crippen LogP contribution in [0.25, 0.3) is 0 Å². The summed E-state index contributed by atoms with van der Waals surface area (Å²) >= 11 is 0. The first-order chi connectivity index (χ1) is 1.73. The Hall–Kier alpha value is 1.26. The molecule has 0 spiro atoms. The molecular weight excluding hydrogens is 123 g/mol. The van der Waals surface area contributed by atoms with Gasteiger partial charge in [-0.05, 0) is 0 Å². The van der Waals surface area contributed by atoms with Gasteiger partial charge in [0.15, 0.2) is 17.4 Å². The minimum absolute atomic E-state index is 0.